The first kappa shape index (κ1) is 19.8. The molecular weight excluding hydrogens is 380 g/mol. The van der Waals surface area contributed by atoms with Crippen LogP contribution in [0.2, 0.25) is 0 Å². The first-order valence-corrected chi connectivity index (χ1v) is 9.75. The SMILES string of the molecule is CNC(=O)c1ccc2c3c(ccc(C(C)=O)c13)C(=O)N(C(C)c1ccccc1)C2O. The van der Waals surface area contributed by atoms with Gasteiger partial charge in [-0.1, -0.05) is 36.4 Å². The number of nitrogens with one attached hydrogen (secondary N) is 1. The van der Waals surface area contributed by atoms with Crippen molar-refractivity contribution in [3.05, 3.63) is 82.4 Å². The molecule has 0 aliphatic carbocycles. The average Bonchev–Trinajstić information content (AvgIpc) is 2.76. The fraction of sp³-hybridized carbons (Fsp3) is 0.208. The highest BCUT2D eigenvalue weighted by atomic mass is 16.3. The summed E-state index contributed by atoms with van der Waals surface area (Å²) in [5.41, 5.74) is 2.40. The number of aliphatic hydroxyl groups is 1. The maximum Gasteiger partial charge on any atom is 0.257 e. The van der Waals surface area contributed by atoms with Gasteiger partial charge in [0.25, 0.3) is 11.8 Å². The van der Waals surface area contributed by atoms with Crippen molar-refractivity contribution in [2.24, 2.45) is 0 Å². The molecular formula is C24H22N2O4. The van der Waals surface area contributed by atoms with E-state index >= 15 is 0 Å². The average molecular weight is 402 g/mol. The van der Waals surface area contributed by atoms with Crippen LogP contribution in [0, 0.1) is 0 Å². The third-order valence-electron chi connectivity index (χ3n) is 5.75. The van der Waals surface area contributed by atoms with Crippen molar-refractivity contribution in [2.45, 2.75) is 26.1 Å². The quantitative estimate of drug-likeness (QED) is 0.653. The van der Waals surface area contributed by atoms with Crippen LogP contribution in [-0.4, -0.2) is 34.7 Å². The summed E-state index contributed by atoms with van der Waals surface area (Å²) in [6.07, 6.45) is -1.20. The predicted molar refractivity (Wildman–Crippen MR) is 113 cm³/mol. The van der Waals surface area contributed by atoms with E-state index in [0.29, 0.717) is 33.0 Å². The fourth-order valence-corrected chi connectivity index (χ4v) is 4.21. The van der Waals surface area contributed by atoms with E-state index in [9.17, 15) is 19.5 Å². The summed E-state index contributed by atoms with van der Waals surface area (Å²) in [6, 6.07) is 15.5. The summed E-state index contributed by atoms with van der Waals surface area (Å²) < 4.78 is 0. The van der Waals surface area contributed by atoms with Gasteiger partial charge >= 0.3 is 0 Å². The third-order valence-corrected chi connectivity index (χ3v) is 5.75. The molecule has 0 saturated carbocycles. The highest BCUT2D eigenvalue weighted by molar-refractivity contribution is 6.21. The second-order valence-corrected chi connectivity index (χ2v) is 7.42. The molecule has 2 amide bonds. The molecule has 1 aliphatic heterocycles. The number of benzene rings is 3. The minimum atomic E-state index is -1.20. The molecule has 30 heavy (non-hydrogen) atoms. The second-order valence-electron chi connectivity index (χ2n) is 7.42. The molecule has 2 N–H and O–H groups in total. The molecule has 2 unspecified atom stereocenters. The molecule has 152 valence electrons. The number of rotatable bonds is 4. The van der Waals surface area contributed by atoms with Gasteiger partial charge in [-0.05, 0) is 37.6 Å². The van der Waals surface area contributed by atoms with E-state index in [2.05, 4.69) is 5.32 Å². The van der Waals surface area contributed by atoms with Crippen molar-refractivity contribution in [2.75, 3.05) is 7.05 Å². The Morgan fingerprint density at radius 1 is 1.00 bits per heavy atom. The van der Waals surface area contributed by atoms with E-state index < -0.39 is 6.23 Å². The lowest BCUT2D eigenvalue weighted by atomic mass is 9.86. The minimum Gasteiger partial charge on any atom is -0.369 e. The minimum absolute atomic E-state index is 0.217. The largest absolute Gasteiger partial charge is 0.369 e. The molecule has 6 heteroatoms. The zero-order valence-electron chi connectivity index (χ0n) is 17.0. The second kappa shape index (κ2) is 7.39. The first-order valence-electron chi connectivity index (χ1n) is 9.75. The molecule has 3 aromatic rings. The maximum atomic E-state index is 13.4. The van der Waals surface area contributed by atoms with E-state index in [-0.39, 0.29) is 23.6 Å². The van der Waals surface area contributed by atoms with Crippen LogP contribution in [0.1, 0.15) is 68.3 Å². The highest BCUT2D eigenvalue weighted by Gasteiger charge is 2.37. The number of carbonyl (C=O) groups is 3. The normalized spacial score (nSPS) is 16.5. The van der Waals surface area contributed by atoms with Crippen molar-refractivity contribution < 1.29 is 19.5 Å². The van der Waals surface area contributed by atoms with Crippen LogP contribution >= 0.6 is 0 Å². The molecule has 1 heterocycles. The van der Waals surface area contributed by atoms with E-state index in [4.69, 9.17) is 0 Å². The number of nitrogens with zero attached hydrogens (tertiary/aromatic N) is 1. The van der Waals surface area contributed by atoms with Gasteiger partial charge in [0, 0.05) is 40.1 Å². The smallest absolute Gasteiger partial charge is 0.257 e. The maximum absolute atomic E-state index is 13.4. The van der Waals surface area contributed by atoms with Crippen molar-refractivity contribution in [3.8, 4) is 0 Å². The van der Waals surface area contributed by atoms with E-state index in [0.717, 1.165) is 5.56 Å². The van der Waals surface area contributed by atoms with Crippen molar-refractivity contribution >= 4 is 28.4 Å². The lowest BCUT2D eigenvalue weighted by molar-refractivity contribution is -0.0130. The summed E-state index contributed by atoms with van der Waals surface area (Å²) in [6.45, 7) is 3.28. The monoisotopic (exact) mass is 402 g/mol. The number of amides is 2. The number of hydrogen-bond donors (Lipinski definition) is 2. The summed E-state index contributed by atoms with van der Waals surface area (Å²) >= 11 is 0. The molecule has 0 aromatic heterocycles. The van der Waals surface area contributed by atoms with Crippen LogP contribution in [0.25, 0.3) is 10.8 Å². The highest BCUT2D eigenvalue weighted by Crippen LogP contribution is 2.42. The Balaban J connectivity index is 1.98. The van der Waals surface area contributed by atoms with Gasteiger partial charge in [-0.3, -0.25) is 14.4 Å². The zero-order chi connectivity index (χ0) is 21.6. The molecule has 6 nitrogen and oxygen atoms in total. The van der Waals surface area contributed by atoms with Crippen LogP contribution in [-0.2, 0) is 0 Å². The number of aliphatic hydroxyl groups excluding tert-OH is 1. The zero-order valence-corrected chi connectivity index (χ0v) is 17.0. The van der Waals surface area contributed by atoms with Crippen molar-refractivity contribution in [3.63, 3.8) is 0 Å². The lowest BCUT2D eigenvalue weighted by Crippen LogP contribution is -2.40. The number of hydrogen-bond acceptors (Lipinski definition) is 4. The number of carbonyl (C=O) groups excluding carboxylic acids is 3. The molecule has 3 aromatic carbocycles. The Kier molecular flexibility index (Phi) is 4.87. The van der Waals surface area contributed by atoms with Crippen LogP contribution in [0.5, 0.6) is 0 Å². The molecule has 4 rings (SSSR count). The lowest BCUT2D eigenvalue weighted by Gasteiger charge is -2.38. The van der Waals surface area contributed by atoms with Gasteiger partial charge in [-0.15, -0.1) is 0 Å². The standard InChI is InChI=1S/C24H22N2O4/c1-13(15-7-5-4-6-8-15)26-23(29)18-11-9-16(14(2)27)20-17(22(28)25-3)10-12-19(21(18)20)24(26)30/h4-13,24,30H,1-3H3,(H,25,28). The molecule has 1 aliphatic rings. The van der Waals surface area contributed by atoms with Gasteiger partial charge in [-0.2, -0.15) is 0 Å². The van der Waals surface area contributed by atoms with Crippen LogP contribution < -0.4 is 5.32 Å². The van der Waals surface area contributed by atoms with Gasteiger partial charge in [0.05, 0.1) is 6.04 Å². The summed E-state index contributed by atoms with van der Waals surface area (Å²) in [5, 5.41) is 14.6. The molecule has 2 atom stereocenters. The molecule has 0 spiro atoms. The first-order chi connectivity index (χ1) is 14.4. The van der Waals surface area contributed by atoms with E-state index in [1.54, 1.807) is 24.3 Å². The fourth-order valence-electron chi connectivity index (χ4n) is 4.21. The Bertz CT molecular complexity index is 1190. The van der Waals surface area contributed by atoms with Crippen LogP contribution in [0.15, 0.2) is 54.6 Å². The molecule has 0 saturated heterocycles. The summed E-state index contributed by atoms with van der Waals surface area (Å²) in [4.78, 5) is 39.6. The van der Waals surface area contributed by atoms with Crippen LogP contribution in [0.4, 0.5) is 0 Å². The molecule has 0 fully saturated rings. The van der Waals surface area contributed by atoms with Gasteiger partial charge in [-0.25, -0.2) is 0 Å². The van der Waals surface area contributed by atoms with Gasteiger partial charge in [0.1, 0.15) is 0 Å². The summed E-state index contributed by atoms with van der Waals surface area (Å²) in [7, 11) is 1.51. The van der Waals surface area contributed by atoms with E-state index in [1.165, 1.54) is 18.9 Å². The topological polar surface area (TPSA) is 86.7 Å². The van der Waals surface area contributed by atoms with Gasteiger partial charge in [0.15, 0.2) is 12.0 Å². The summed E-state index contributed by atoms with van der Waals surface area (Å²) in [5.74, 6) is -0.922. The van der Waals surface area contributed by atoms with E-state index in [1.807, 2.05) is 37.3 Å². The Morgan fingerprint density at radius 2 is 1.67 bits per heavy atom. The third kappa shape index (κ3) is 2.88. The Hall–Kier alpha value is -3.51. The molecule has 0 bridgehead atoms. The number of Topliss-reactive ketones (excluding diaryl/α,β-unsaturated/α-hetero) is 1. The number of ketones is 1. The van der Waals surface area contributed by atoms with Crippen molar-refractivity contribution in [1.82, 2.24) is 10.2 Å². The molecule has 0 radical (unpaired) electrons. The van der Waals surface area contributed by atoms with Gasteiger partial charge < -0.3 is 15.3 Å². The Morgan fingerprint density at radius 3 is 2.30 bits per heavy atom. The van der Waals surface area contributed by atoms with Gasteiger partial charge in [0.2, 0.25) is 0 Å². The van der Waals surface area contributed by atoms with Crippen molar-refractivity contribution in [1.29, 1.82) is 0 Å². The van der Waals surface area contributed by atoms with Crippen LogP contribution in [0.3, 0.4) is 0 Å². The predicted octanol–water partition coefficient (Wildman–Crippen LogP) is 3.61. The Labute approximate surface area is 174 Å².